The molecule has 0 aromatic rings. The number of carboxylic acid groups (broad SMARTS) is 1. The number of carbonyl (C=O) groups excluding carboxylic acids is 2. The van der Waals surface area contributed by atoms with Crippen LogP contribution in [0.15, 0.2) is 0 Å². The quantitative estimate of drug-likeness (QED) is 0.727. The number of rotatable bonds is 1. The molecule has 1 fully saturated rings. The van der Waals surface area contributed by atoms with E-state index >= 15 is 0 Å². The lowest BCUT2D eigenvalue weighted by molar-refractivity contribution is -0.145. The van der Waals surface area contributed by atoms with E-state index in [1.165, 1.54) is 0 Å². The molecule has 1 aliphatic heterocycles. The first-order chi connectivity index (χ1) is 8.06. The summed E-state index contributed by atoms with van der Waals surface area (Å²) in [5.41, 5.74) is -0.891. The monoisotopic (exact) mass is 231 g/mol. The number of ether oxygens (including phenoxy) is 1. The highest BCUT2D eigenvalue weighted by Crippen LogP contribution is 2.22. The van der Waals surface area contributed by atoms with Crippen molar-refractivity contribution in [1.29, 1.82) is 0 Å². The molecule has 0 saturated carbocycles. The predicted molar refractivity (Wildman–Crippen MR) is 53.7 cm³/mol. The van der Waals surface area contributed by atoms with Gasteiger partial charge in [0.2, 0.25) is 5.91 Å². The lowest BCUT2D eigenvalue weighted by Crippen LogP contribution is -2.45. The van der Waals surface area contributed by atoms with Gasteiger partial charge in [-0.25, -0.2) is 14.5 Å². The molecule has 1 aliphatic rings. The van der Waals surface area contributed by atoms with Crippen LogP contribution in [0.25, 0.3) is 0 Å². The first-order valence-corrected chi connectivity index (χ1v) is 4.69. The number of nitrogens with zero attached hydrogens (tertiary/aromatic N) is 1. The molecule has 0 aliphatic carbocycles. The standard InChI is InChI=1S/C10H15NO5/c1-10(2,3)16-9(15)11-6(8(13)14)4-5-7(11)12/h6H,4-5H2,1-3H3,(H,13,14)/t6-/m0/s1/i4D,5D/t4-,5+,6-. The summed E-state index contributed by atoms with van der Waals surface area (Å²) in [5, 5.41) is 8.93. The van der Waals surface area contributed by atoms with Gasteiger partial charge in [-0.2, -0.15) is 0 Å². The Morgan fingerprint density at radius 1 is 1.56 bits per heavy atom. The zero-order valence-electron chi connectivity index (χ0n) is 11.3. The second-order valence-electron chi connectivity index (χ2n) is 4.33. The molecule has 6 heteroatoms. The van der Waals surface area contributed by atoms with Crippen LogP contribution in [0, 0.1) is 0 Å². The van der Waals surface area contributed by atoms with Crippen LogP contribution in [0.5, 0.6) is 0 Å². The highest BCUT2D eigenvalue weighted by Gasteiger charge is 2.42. The molecule has 0 unspecified atom stereocenters. The summed E-state index contributed by atoms with van der Waals surface area (Å²) in [6, 6.07) is -1.67. The summed E-state index contributed by atoms with van der Waals surface area (Å²) in [5.74, 6) is -2.51. The molecular formula is C10H15NO5. The molecule has 1 saturated heterocycles. The molecule has 1 rings (SSSR count). The second kappa shape index (κ2) is 4.11. The van der Waals surface area contributed by atoms with E-state index in [1.807, 2.05) is 0 Å². The minimum atomic E-state index is -1.67. The summed E-state index contributed by atoms with van der Waals surface area (Å²) in [4.78, 5) is 34.7. The smallest absolute Gasteiger partial charge is 0.417 e. The van der Waals surface area contributed by atoms with E-state index in [-0.39, 0.29) is 0 Å². The third kappa shape index (κ3) is 2.71. The molecule has 90 valence electrons. The average Bonchev–Trinajstić information content (AvgIpc) is 2.39. The van der Waals surface area contributed by atoms with E-state index in [1.54, 1.807) is 20.8 Å². The van der Waals surface area contributed by atoms with Crippen LogP contribution in [0.3, 0.4) is 0 Å². The lowest BCUT2D eigenvalue weighted by atomic mass is 10.2. The largest absolute Gasteiger partial charge is 0.480 e. The third-order valence-electron chi connectivity index (χ3n) is 1.78. The zero-order chi connectivity index (χ0) is 14.2. The molecule has 0 bridgehead atoms. The molecule has 0 aromatic carbocycles. The Balaban J connectivity index is 3.01. The maximum Gasteiger partial charge on any atom is 0.417 e. The highest BCUT2D eigenvalue weighted by molar-refractivity contribution is 5.99. The summed E-state index contributed by atoms with van der Waals surface area (Å²) in [7, 11) is 0. The normalized spacial score (nSPS) is 32.1. The van der Waals surface area contributed by atoms with Gasteiger partial charge in [0.25, 0.3) is 0 Å². The van der Waals surface area contributed by atoms with Crippen molar-refractivity contribution >= 4 is 18.0 Å². The number of likely N-dealkylation sites (tertiary alicyclic amines) is 1. The molecule has 0 aromatic heterocycles. The van der Waals surface area contributed by atoms with Crippen molar-refractivity contribution in [3.05, 3.63) is 0 Å². The molecule has 2 amide bonds. The van der Waals surface area contributed by atoms with Crippen molar-refractivity contribution in [3.63, 3.8) is 0 Å². The van der Waals surface area contributed by atoms with Gasteiger partial charge < -0.3 is 9.84 Å². The first kappa shape index (κ1) is 9.62. The Bertz CT molecular complexity index is 392. The number of hydrogen-bond donors (Lipinski definition) is 1. The Kier molecular flexibility index (Phi) is 2.47. The van der Waals surface area contributed by atoms with Crippen molar-refractivity contribution in [2.45, 2.75) is 45.2 Å². The molecular weight excluding hydrogens is 214 g/mol. The van der Waals surface area contributed by atoms with Crippen molar-refractivity contribution in [2.24, 2.45) is 0 Å². The number of aliphatic carboxylic acids is 1. The van der Waals surface area contributed by atoms with Crippen molar-refractivity contribution < 1.29 is 27.0 Å². The third-order valence-corrected chi connectivity index (χ3v) is 1.78. The number of carbonyl (C=O) groups is 3. The van der Waals surface area contributed by atoms with Gasteiger partial charge in [0, 0.05) is 9.14 Å². The van der Waals surface area contributed by atoms with E-state index in [2.05, 4.69) is 0 Å². The fourth-order valence-electron chi connectivity index (χ4n) is 1.18. The number of amides is 2. The Hall–Kier alpha value is -1.59. The fourth-order valence-corrected chi connectivity index (χ4v) is 1.18. The van der Waals surface area contributed by atoms with Crippen LogP contribution in [0.2, 0.25) is 0 Å². The molecule has 16 heavy (non-hydrogen) atoms. The lowest BCUT2D eigenvalue weighted by Gasteiger charge is -2.25. The van der Waals surface area contributed by atoms with Crippen LogP contribution >= 0.6 is 0 Å². The maximum atomic E-state index is 11.7. The van der Waals surface area contributed by atoms with Gasteiger partial charge in [-0.1, -0.05) is 0 Å². The van der Waals surface area contributed by atoms with Gasteiger partial charge in [-0.3, -0.25) is 4.79 Å². The minimum Gasteiger partial charge on any atom is -0.480 e. The van der Waals surface area contributed by atoms with Gasteiger partial charge in [-0.05, 0) is 27.2 Å². The zero-order valence-corrected chi connectivity index (χ0v) is 9.26. The summed E-state index contributed by atoms with van der Waals surface area (Å²) < 4.78 is 19.8. The highest BCUT2D eigenvalue weighted by atomic mass is 16.6. The van der Waals surface area contributed by atoms with Crippen LogP contribution in [0.1, 0.15) is 36.3 Å². The van der Waals surface area contributed by atoms with Crippen LogP contribution in [-0.2, 0) is 14.3 Å². The Labute approximate surface area is 96.0 Å². The van der Waals surface area contributed by atoms with Crippen LogP contribution in [0.4, 0.5) is 4.79 Å². The van der Waals surface area contributed by atoms with Crippen molar-refractivity contribution in [3.8, 4) is 0 Å². The maximum absolute atomic E-state index is 11.7. The van der Waals surface area contributed by atoms with E-state index < -0.39 is 42.4 Å². The Morgan fingerprint density at radius 3 is 2.56 bits per heavy atom. The number of hydrogen-bond acceptors (Lipinski definition) is 4. The molecule has 1 N–H and O–H groups in total. The van der Waals surface area contributed by atoms with Crippen LogP contribution < -0.4 is 0 Å². The van der Waals surface area contributed by atoms with Gasteiger partial charge >= 0.3 is 12.1 Å². The second-order valence-corrected chi connectivity index (χ2v) is 4.33. The van der Waals surface area contributed by atoms with E-state index in [0.717, 1.165) is 0 Å². The van der Waals surface area contributed by atoms with E-state index in [9.17, 15) is 14.4 Å². The van der Waals surface area contributed by atoms with Gasteiger partial charge in [0.05, 0.1) is 0 Å². The fraction of sp³-hybridized carbons (Fsp3) is 0.700. The summed E-state index contributed by atoms with van der Waals surface area (Å²) in [6.07, 6.45) is -4.23. The van der Waals surface area contributed by atoms with Crippen molar-refractivity contribution in [1.82, 2.24) is 4.90 Å². The van der Waals surface area contributed by atoms with Gasteiger partial charge in [-0.15, -0.1) is 0 Å². The number of imide groups is 1. The predicted octanol–water partition coefficient (Wildman–Crippen LogP) is 0.997. The summed E-state index contributed by atoms with van der Waals surface area (Å²) >= 11 is 0. The topological polar surface area (TPSA) is 83.9 Å². The summed E-state index contributed by atoms with van der Waals surface area (Å²) in [6.45, 7) is 4.70. The molecule has 6 nitrogen and oxygen atoms in total. The van der Waals surface area contributed by atoms with Crippen molar-refractivity contribution in [2.75, 3.05) is 0 Å². The van der Waals surface area contributed by atoms with E-state index in [4.69, 9.17) is 12.6 Å². The first-order valence-electron chi connectivity index (χ1n) is 5.85. The van der Waals surface area contributed by atoms with Gasteiger partial charge in [0.15, 0.2) is 0 Å². The molecule has 1 heterocycles. The van der Waals surface area contributed by atoms with Gasteiger partial charge in [0.1, 0.15) is 11.6 Å². The number of carboxylic acids is 1. The van der Waals surface area contributed by atoms with E-state index in [0.29, 0.717) is 4.90 Å². The van der Waals surface area contributed by atoms with Crippen LogP contribution in [-0.4, -0.2) is 39.6 Å². The minimum absolute atomic E-state index is 0.350. The molecule has 0 radical (unpaired) electrons. The average molecular weight is 231 g/mol. The SMILES string of the molecule is [2H][C@@H]1[C@@H](C(=O)O)N(C(=O)OC(C)(C)C)C(=O)[C@@H]1[2H]. The molecule has 0 spiro atoms. The Morgan fingerprint density at radius 2 is 2.12 bits per heavy atom. The molecule has 3 atom stereocenters.